The van der Waals surface area contributed by atoms with Crippen LogP contribution in [0.1, 0.15) is 49.7 Å². The third-order valence-corrected chi connectivity index (χ3v) is 4.03. The molecule has 146 valence electrons. The fourth-order valence-electron chi connectivity index (χ4n) is 2.88. The largest absolute Gasteiger partial charge is 0.496 e. The van der Waals surface area contributed by atoms with Crippen LogP contribution in [-0.2, 0) is 19.1 Å². The molecule has 0 aliphatic carbocycles. The van der Waals surface area contributed by atoms with Gasteiger partial charge in [0.2, 0.25) is 11.8 Å². The highest BCUT2D eigenvalue weighted by Gasteiger charge is 2.39. The summed E-state index contributed by atoms with van der Waals surface area (Å²) < 4.78 is 15.8. The molecule has 0 saturated heterocycles. The molecule has 3 atom stereocenters. The summed E-state index contributed by atoms with van der Waals surface area (Å²) in [6.07, 6.45) is -0.736. The molecule has 27 heavy (non-hydrogen) atoms. The van der Waals surface area contributed by atoms with E-state index in [0.717, 1.165) is 0 Å². The van der Waals surface area contributed by atoms with Crippen LogP contribution < -0.4 is 20.1 Å². The van der Waals surface area contributed by atoms with Gasteiger partial charge in [-0.25, -0.2) is 4.79 Å². The zero-order chi connectivity index (χ0) is 20.3. The molecule has 1 aromatic rings. The predicted octanol–water partition coefficient (Wildman–Crippen LogP) is 0.861. The van der Waals surface area contributed by atoms with Crippen LogP contribution >= 0.6 is 0 Å². The molecule has 2 N–H and O–H groups in total. The van der Waals surface area contributed by atoms with Gasteiger partial charge in [-0.3, -0.25) is 14.4 Å². The molecular weight excluding hydrogens is 356 g/mol. The van der Waals surface area contributed by atoms with Crippen LogP contribution in [0, 0.1) is 0 Å². The lowest BCUT2D eigenvalue weighted by atomic mass is 9.92. The summed E-state index contributed by atoms with van der Waals surface area (Å²) >= 11 is 0. The summed E-state index contributed by atoms with van der Waals surface area (Å²) in [6, 6.07) is 1.36. The van der Waals surface area contributed by atoms with Crippen molar-refractivity contribution in [2.24, 2.45) is 0 Å². The van der Waals surface area contributed by atoms with E-state index in [0.29, 0.717) is 0 Å². The van der Waals surface area contributed by atoms with Gasteiger partial charge in [-0.2, -0.15) is 0 Å². The maximum Gasteiger partial charge on any atom is 0.342 e. The fraction of sp³-hybridized carbons (Fsp3) is 0.444. The molecule has 0 fully saturated rings. The second-order valence-corrected chi connectivity index (χ2v) is 6.17. The number of hydrogen-bond acceptors (Lipinski definition) is 7. The lowest BCUT2D eigenvalue weighted by molar-refractivity contribution is -0.132. The molecular formula is C18H22N2O7. The number of benzene rings is 1. The van der Waals surface area contributed by atoms with E-state index in [1.54, 1.807) is 6.92 Å². The molecule has 1 aliphatic rings. The summed E-state index contributed by atoms with van der Waals surface area (Å²) in [6.45, 7) is 5.66. The lowest BCUT2D eigenvalue weighted by Gasteiger charge is -2.33. The van der Waals surface area contributed by atoms with Crippen molar-refractivity contribution in [3.05, 3.63) is 23.3 Å². The zero-order valence-electron chi connectivity index (χ0n) is 15.7. The molecule has 0 bridgehead atoms. The van der Waals surface area contributed by atoms with Gasteiger partial charge >= 0.3 is 11.9 Å². The van der Waals surface area contributed by atoms with E-state index in [-0.39, 0.29) is 28.5 Å². The predicted molar refractivity (Wildman–Crippen MR) is 93.3 cm³/mol. The number of fused-ring (bicyclic) bond motifs is 1. The van der Waals surface area contributed by atoms with Crippen LogP contribution in [0.15, 0.2) is 12.1 Å². The Kier molecular flexibility index (Phi) is 6.04. The van der Waals surface area contributed by atoms with Crippen molar-refractivity contribution in [1.82, 2.24) is 10.6 Å². The number of nitrogens with one attached hydrogen (secondary N) is 2. The van der Waals surface area contributed by atoms with E-state index < -0.39 is 36.0 Å². The molecule has 2 amide bonds. The van der Waals surface area contributed by atoms with E-state index in [2.05, 4.69) is 10.6 Å². The number of methoxy groups -OCH3 is 1. The van der Waals surface area contributed by atoms with Gasteiger partial charge in [-0.15, -0.1) is 0 Å². The molecule has 1 heterocycles. The van der Waals surface area contributed by atoms with Crippen molar-refractivity contribution in [3.8, 4) is 11.5 Å². The van der Waals surface area contributed by atoms with Crippen LogP contribution in [0.4, 0.5) is 0 Å². The third-order valence-electron chi connectivity index (χ3n) is 4.03. The Morgan fingerprint density at radius 3 is 2.37 bits per heavy atom. The third kappa shape index (κ3) is 4.36. The first kappa shape index (κ1) is 20.2. The molecule has 0 spiro atoms. The van der Waals surface area contributed by atoms with E-state index >= 15 is 0 Å². The Labute approximate surface area is 156 Å². The van der Waals surface area contributed by atoms with Gasteiger partial charge in [-0.05, 0) is 26.0 Å². The lowest BCUT2D eigenvalue weighted by Crippen LogP contribution is -2.49. The van der Waals surface area contributed by atoms with Crippen molar-refractivity contribution >= 4 is 23.8 Å². The second-order valence-electron chi connectivity index (χ2n) is 6.17. The Morgan fingerprint density at radius 2 is 1.81 bits per heavy atom. The van der Waals surface area contributed by atoms with Crippen molar-refractivity contribution in [3.63, 3.8) is 0 Å². The molecule has 1 aromatic carbocycles. The molecule has 0 saturated carbocycles. The number of carbonyl (C=O) groups excluding carboxylic acids is 4. The summed E-state index contributed by atoms with van der Waals surface area (Å²) in [5, 5.41) is 5.22. The first-order valence-corrected chi connectivity index (χ1v) is 8.33. The molecule has 2 rings (SSSR count). The number of ether oxygens (including phenoxy) is 3. The first-order chi connectivity index (χ1) is 12.6. The molecule has 1 aliphatic heterocycles. The topological polar surface area (TPSA) is 120 Å². The van der Waals surface area contributed by atoms with Gasteiger partial charge in [0.05, 0.1) is 13.2 Å². The van der Waals surface area contributed by atoms with E-state index in [4.69, 9.17) is 14.2 Å². The monoisotopic (exact) mass is 378 g/mol. The summed E-state index contributed by atoms with van der Waals surface area (Å²) in [5.74, 6) is -1.72. The van der Waals surface area contributed by atoms with Gasteiger partial charge in [0, 0.05) is 19.4 Å². The molecule has 0 aromatic heterocycles. The first-order valence-electron chi connectivity index (χ1n) is 8.33. The summed E-state index contributed by atoms with van der Waals surface area (Å²) in [5.41, 5.74) is 0.364. The van der Waals surface area contributed by atoms with Crippen LogP contribution in [0.3, 0.4) is 0 Å². The fourth-order valence-corrected chi connectivity index (χ4v) is 2.88. The Balaban J connectivity index is 2.50. The van der Waals surface area contributed by atoms with Crippen LogP contribution in [0.25, 0.3) is 0 Å². The Morgan fingerprint density at radius 1 is 1.19 bits per heavy atom. The van der Waals surface area contributed by atoms with Crippen LogP contribution in [0.2, 0.25) is 0 Å². The van der Waals surface area contributed by atoms with Crippen molar-refractivity contribution in [2.75, 3.05) is 7.11 Å². The van der Waals surface area contributed by atoms with Gasteiger partial charge in [-0.1, -0.05) is 0 Å². The average molecular weight is 378 g/mol. The van der Waals surface area contributed by atoms with Gasteiger partial charge in [0.25, 0.3) is 0 Å². The maximum atomic E-state index is 12.5. The SMILES string of the molecule is COc1ccc(OC(C)=O)c2c1C(=O)OC(C)C2NC(=O)C(C)NC(C)=O. The van der Waals surface area contributed by atoms with Crippen LogP contribution in [0.5, 0.6) is 11.5 Å². The molecule has 3 unspecified atom stereocenters. The van der Waals surface area contributed by atoms with Gasteiger partial charge < -0.3 is 24.8 Å². The average Bonchev–Trinajstić information content (AvgIpc) is 2.57. The number of hydrogen-bond donors (Lipinski definition) is 2. The number of esters is 2. The van der Waals surface area contributed by atoms with Gasteiger partial charge in [0.1, 0.15) is 29.2 Å². The minimum Gasteiger partial charge on any atom is -0.496 e. The molecule has 9 heteroatoms. The number of cyclic esters (lactones) is 1. The standard InChI is InChI=1S/C18H22N2O7/c1-8(19-10(3)21)17(23)20-16-9(2)26-18(24)15-12(25-5)6-7-13(14(15)16)27-11(4)22/h6-9,16H,1-5H3,(H,19,21)(H,20,23). The van der Waals surface area contributed by atoms with E-state index in [1.165, 1.54) is 40.0 Å². The highest BCUT2D eigenvalue weighted by molar-refractivity contribution is 5.97. The number of rotatable bonds is 5. The van der Waals surface area contributed by atoms with Crippen molar-refractivity contribution in [1.29, 1.82) is 0 Å². The van der Waals surface area contributed by atoms with Crippen LogP contribution in [-0.4, -0.2) is 43.0 Å². The summed E-state index contributed by atoms with van der Waals surface area (Å²) in [4.78, 5) is 47.5. The van der Waals surface area contributed by atoms with E-state index in [9.17, 15) is 19.2 Å². The Bertz CT molecular complexity index is 790. The second kappa shape index (κ2) is 8.07. The quantitative estimate of drug-likeness (QED) is 0.576. The zero-order valence-corrected chi connectivity index (χ0v) is 15.7. The number of carbonyl (C=O) groups is 4. The number of amides is 2. The highest BCUT2D eigenvalue weighted by Crippen LogP contribution is 2.41. The molecule has 9 nitrogen and oxygen atoms in total. The minimum atomic E-state index is -0.807. The van der Waals surface area contributed by atoms with E-state index in [1.807, 2.05) is 0 Å². The molecule has 0 radical (unpaired) electrons. The summed E-state index contributed by atoms with van der Waals surface area (Å²) in [7, 11) is 1.39. The maximum absolute atomic E-state index is 12.5. The van der Waals surface area contributed by atoms with Crippen molar-refractivity contribution in [2.45, 2.75) is 45.9 Å². The van der Waals surface area contributed by atoms with Crippen molar-refractivity contribution < 1.29 is 33.4 Å². The minimum absolute atomic E-state index is 0.0758. The normalized spacial score (nSPS) is 19.2. The smallest absolute Gasteiger partial charge is 0.342 e. The van der Waals surface area contributed by atoms with Gasteiger partial charge in [0.15, 0.2) is 0 Å². The Hall–Kier alpha value is -3.10. The highest BCUT2D eigenvalue weighted by atomic mass is 16.6.